The van der Waals surface area contributed by atoms with Crippen molar-refractivity contribution in [3.05, 3.63) is 0 Å². The summed E-state index contributed by atoms with van der Waals surface area (Å²) in [4.78, 5) is 13.8. The summed E-state index contributed by atoms with van der Waals surface area (Å²) in [5.41, 5.74) is 0. The molecule has 1 aliphatic heterocycles. The van der Waals surface area contributed by atoms with Crippen LogP contribution in [0.25, 0.3) is 0 Å². The summed E-state index contributed by atoms with van der Waals surface area (Å²) in [6, 6.07) is 0.0170. The fraction of sp³-hybridized carbons (Fsp3) is 0.909. The molecule has 1 aliphatic rings. The average Bonchev–Trinajstić information content (AvgIpc) is 2.42. The van der Waals surface area contributed by atoms with Crippen LogP contribution in [0.15, 0.2) is 0 Å². The molecule has 0 aromatic heterocycles. The summed E-state index contributed by atoms with van der Waals surface area (Å²) in [5.74, 6) is 0.275. The molecule has 1 rings (SSSR count). The number of nitrogens with one attached hydrogen (secondary N) is 1. The smallest absolute Gasteiger partial charge is 0.240 e. The number of carbonyl (C=O) groups excluding carboxylic acids is 1. The molecule has 2 atom stereocenters. The first-order valence-corrected chi connectivity index (χ1v) is 5.77. The van der Waals surface area contributed by atoms with E-state index in [4.69, 9.17) is 0 Å². The molecule has 0 bridgehead atoms. The number of nitrogens with zero attached hydrogens (tertiary/aromatic N) is 1. The van der Waals surface area contributed by atoms with E-state index in [0.29, 0.717) is 0 Å². The Kier molecular flexibility index (Phi) is 4.39. The van der Waals surface area contributed by atoms with Gasteiger partial charge in [-0.05, 0) is 19.8 Å². The van der Waals surface area contributed by atoms with Crippen LogP contribution in [-0.2, 0) is 4.79 Å². The van der Waals surface area contributed by atoms with E-state index in [1.165, 1.54) is 0 Å². The third-order valence-corrected chi connectivity index (χ3v) is 2.79. The fourth-order valence-corrected chi connectivity index (χ4v) is 1.96. The van der Waals surface area contributed by atoms with Gasteiger partial charge >= 0.3 is 0 Å². The Bertz CT molecular complexity index is 194. The monoisotopic (exact) mass is 198 g/mol. The van der Waals surface area contributed by atoms with Crippen molar-refractivity contribution >= 4 is 5.91 Å². The zero-order chi connectivity index (χ0) is 10.6. The standard InChI is InChI=1S/C11H22N2O/c1-4-6-8-13-10(7-5-2)12-9(3)11(13)14/h9-10,12H,4-8H2,1-3H3. The summed E-state index contributed by atoms with van der Waals surface area (Å²) >= 11 is 0. The van der Waals surface area contributed by atoms with E-state index < -0.39 is 0 Å². The molecule has 3 heteroatoms. The van der Waals surface area contributed by atoms with Crippen LogP contribution in [0.5, 0.6) is 0 Å². The minimum atomic E-state index is 0.0170. The Labute approximate surface area is 86.9 Å². The predicted molar refractivity (Wildman–Crippen MR) is 57.9 cm³/mol. The molecule has 0 spiro atoms. The van der Waals surface area contributed by atoms with Gasteiger partial charge in [0.2, 0.25) is 5.91 Å². The molecule has 2 unspecified atom stereocenters. The molecule has 0 saturated carbocycles. The van der Waals surface area contributed by atoms with Crippen molar-refractivity contribution in [3.63, 3.8) is 0 Å². The molecule has 0 radical (unpaired) electrons. The zero-order valence-corrected chi connectivity index (χ0v) is 9.55. The lowest BCUT2D eigenvalue weighted by molar-refractivity contribution is -0.129. The predicted octanol–water partition coefficient (Wildman–Crippen LogP) is 1.73. The lowest BCUT2D eigenvalue weighted by atomic mass is 10.2. The Morgan fingerprint density at radius 1 is 1.36 bits per heavy atom. The summed E-state index contributed by atoms with van der Waals surface area (Å²) in [6.45, 7) is 7.19. The van der Waals surface area contributed by atoms with Gasteiger partial charge in [0.05, 0.1) is 12.2 Å². The van der Waals surface area contributed by atoms with Crippen LogP contribution in [0.2, 0.25) is 0 Å². The van der Waals surface area contributed by atoms with Crippen molar-refractivity contribution in [2.24, 2.45) is 0 Å². The summed E-state index contributed by atoms with van der Waals surface area (Å²) in [5, 5.41) is 3.34. The van der Waals surface area contributed by atoms with Crippen molar-refractivity contribution in [2.75, 3.05) is 6.54 Å². The Morgan fingerprint density at radius 2 is 2.07 bits per heavy atom. The molecule has 0 aromatic carbocycles. The van der Waals surface area contributed by atoms with E-state index in [1.54, 1.807) is 0 Å². The second-order valence-electron chi connectivity index (χ2n) is 4.08. The van der Waals surface area contributed by atoms with E-state index in [1.807, 2.05) is 11.8 Å². The summed E-state index contributed by atoms with van der Waals surface area (Å²) in [6.07, 6.45) is 4.74. The lowest BCUT2D eigenvalue weighted by Crippen LogP contribution is -2.37. The topological polar surface area (TPSA) is 32.3 Å². The molecule has 14 heavy (non-hydrogen) atoms. The number of rotatable bonds is 5. The molecule has 1 N–H and O–H groups in total. The van der Waals surface area contributed by atoms with Gasteiger partial charge in [-0.3, -0.25) is 10.1 Å². The normalized spacial score (nSPS) is 27.4. The maximum absolute atomic E-state index is 11.8. The first-order valence-electron chi connectivity index (χ1n) is 5.77. The van der Waals surface area contributed by atoms with E-state index >= 15 is 0 Å². The number of amides is 1. The lowest BCUT2D eigenvalue weighted by Gasteiger charge is -2.23. The third kappa shape index (κ3) is 2.47. The van der Waals surface area contributed by atoms with Crippen molar-refractivity contribution in [2.45, 2.75) is 58.7 Å². The summed E-state index contributed by atoms with van der Waals surface area (Å²) < 4.78 is 0. The first kappa shape index (κ1) is 11.5. The largest absolute Gasteiger partial charge is 0.326 e. The SMILES string of the molecule is CCCCN1C(=O)C(C)NC1CCC. The fourth-order valence-electron chi connectivity index (χ4n) is 1.96. The average molecular weight is 198 g/mol. The van der Waals surface area contributed by atoms with Gasteiger partial charge < -0.3 is 4.90 Å². The number of carbonyl (C=O) groups is 1. The minimum absolute atomic E-state index is 0.0170. The molecule has 0 aromatic rings. The Hall–Kier alpha value is -0.570. The van der Waals surface area contributed by atoms with Gasteiger partial charge in [0, 0.05) is 6.54 Å². The van der Waals surface area contributed by atoms with Crippen LogP contribution in [0, 0.1) is 0 Å². The highest BCUT2D eigenvalue weighted by Gasteiger charge is 2.34. The maximum atomic E-state index is 11.8. The van der Waals surface area contributed by atoms with Crippen molar-refractivity contribution in [1.82, 2.24) is 10.2 Å². The van der Waals surface area contributed by atoms with Crippen LogP contribution in [0.1, 0.15) is 46.5 Å². The Balaban J connectivity index is 2.52. The van der Waals surface area contributed by atoms with Crippen LogP contribution < -0.4 is 5.32 Å². The zero-order valence-electron chi connectivity index (χ0n) is 9.55. The van der Waals surface area contributed by atoms with Crippen molar-refractivity contribution in [3.8, 4) is 0 Å². The van der Waals surface area contributed by atoms with Gasteiger partial charge in [0.25, 0.3) is 0 Å². The highest BCUT2D eigenvalue weighted by molar-refractivity contribution is 5.83. The molecule has 3 nitrogen and oxygen atoms in total. The van der Waals surface area contributed by atoms with E-state index in [0.717, 1.165) is 32.2 Å². The van der Waals surface area contributed by atoms with Crippen molar-refractivity contribution < 1.29 is 4.79 Å². The summed E-state index contributed by atoms with van der Waals surface area (Å²) in [7, 11) is 0. The second kappa shape index (κ2) is 5.35. The quantitative estimate of drug-likeness (QED) is 0.729. The van der Waals surface area contributed by atoms with E-state index in [-0.39, 0.29) is 18.1 Å². The van der Waals surface area contributed by atoms with Crippen molar-refractivity contribution in [1.29, 1.82) is 0 Å². The minimum Gasteiger partial charge on any atom is -0.326 e. The number of unbranched alkanes of at least 4 members (excludes halogenated alkanes) is 1. The third-order valence-electron chi connectivity index (χ3n) is 2.79. The molecule has 82 valence electrons. The molecule has 1 heterocycles. The van der Waals surface area contributed by atoms with Crippen LogP contribution in [0.3, 0.4) is 0 Å². The second-order valence-corrected chi connectivity index (χ2v) is 4.08. The van der Waals surface area contributed by atoms with Gasteiger partial charge in [-0.2, -0.15) is 0 Å². The van der Waals surface area contributed by atoms with Crippen LogP contribution in [0.4, 0.5) is 0 Å². The van der Waals surface area contributed by atoms with Gasteiger partial charge in [0.15, 0.2) is 0 Å². The highest BCUT2D eigenvalue weighted by atomic mass is 16.2. The van der Waals surface area contributed by atoms with Gasteiger partial charge in [-0.15, -0.1) is 0 Å². The van der Waals surface area contributed by atoms with Gasteiger partial charge in [-0.1, -0.05) is 26.7 Å². The number of hydrogen-bond acceptors (Lipinski definition) is 2. The highest BCUT2D eigenvalue weighted by Crippen LogP contribution is 2.15. The van der Waals surface area contributed by atoms with Crippen LogP contribution in [-0.4, -0.2) is 29.6 Å². The molecule has 1 saturated heterocycles. The van der Waals surface area contributed by atoms with Gasteiger partial charge in [0.1, 0.15) is 0 Å². The van der Waals surface area contributed by atoms with E-state index in [9.17, 15) is 4.79 Å². The first-order chi connectivity index (χ1) is 6.70. The van der Waals surface area contributed by atoms with Gasteiger partial charge in [-0.25, -0.2) is 0 Å². The van der Waals surface area contributed by atoms with Crippen LogP contribution >= 0.6 is 0 Å². The maximum Gasteiger partial charge on any atom is 0.240 e. The molecule has 1 fully saturated rings. The number of hydrogen-bond donors (Lipinski definition) is 1. The molecular formula is C11H22N2O. The molecule has 0 aliphatic carbocycles. The Morgan fingerprint density at radius 3 is 2.64 bits per heavy atom. The van der Waals surface area contributed by atoms with E-state index in [2.05, 4.69) is 19.2 Å². The molecular weight excluding hydrogens is 176 g/mol. The molecule has 1 amide bonds.